The molecular formula is C20H25N3O2. The minimum absolute atomic E-state index is 0.136. The van der Waals surface area contributed by atoms with Gasteiger partial charge in [-0.25, -0.2) is 4.79 Å². The normalized spacial score (nSPS) is 19.9. The molecule has 0 unspecified atom stereocenters. The fourth-order valence-corrected chi connectivity index (χ4v) is 3.04. The summed E-state index contributed by atoms with van der Waals surface area (Å²) in [4.78, 5) is 16.2. The molecule has 5 nitrogen and oxygen atoms in total. The highest BCUT2D eigenvalue weighted by Crippen LogP contribution is 2.23. The minimum Gasteiger partial charge on any atom is -0.489 e. The molecule has 2 aromatic rings. The van der Waals surface area contributed by atoms with Crippen LogP contribution in [0.5, 0.6) is 5.75 Å². The maximum absolute atomic E-state index is 12.1. The third-order valence-corrected chi connectivity index (χ3v) is 4.59. The van der Waals surface area contributed by atoms with Crippen molar-refractivity contribution in [2.75, 3.05) is 5.32 Å². The molecule has 1 saturated carbocycles. The summed E-state index contributed by atoms with van der Waals surface area (Å²) in [6, 6.07) is 11.4. The van der Waals surface area contributed by atoms with Crippen LogP contribution in [-0.4, -0.2) is 17.1 Å². The Morgan fingerprint density at radius 2 is 1.92 bits per heavy atom. The number of carbonyl (C=O) groups excluding carboxylic acids is 1. The average Bonchev–Trinajstić information content (AvgIpc) is 2.64. The molecular weight excluding hydrogens is 314 g/mol. The van der Waals surface area contributed by atoms with E-state index in [9.17, 15) is 4.79 Å². The zero-order valence-electron chi connectivity index (χ0n) is 14.6. The summed E-state index contributed by atoms with van der Waals surface area (Å²) in [5.41, 5.74) is 1.78. The van der Waals surface area contributed by atoms with Crippen molar-refractivity contribution in [1.29, 1.82) is 0 Å². The van der Waals surface area contributed by atoms with Crippen molar-refractivity contribution in [3.63, 3.8) is 0 Å². The van der Waals surface area contributed by atoms with E-state index in [1.54, 1.807) is 12.4 Å². The van der Waals surface area contributed by atoms with Crippen LogP contribution in [0, 0.1) is 5.92 Å². The van der Waals surface area contributed by atoms with Gasteiger partial charge in [0.1, 0.15) is 12.4 Å². The lowest BCUT2D eigenvalue weighted by molar-refractivity contribution is 0.239. The highest BCUT2D eigenvalue weighted by molar-refractivity contribution is 5.89. The van der Waals surface area contributed by atoms with Crippen molar-refractivity contribution >= 4 is 11.7 Å². The van der Waals surface area contributed by atoms with E-state index in [2.05, 4.69) is 22.5 Å². The highest BCUT2D eigenvalue weighted by atomic mass is 16.5. The second-order valence-electron chi connectivity index (χ2n) is 6.73. The van der Waals surface area contributed by atoms with Gasteiger partial charge in [-0.05, 0) is 61.9 Å². The Hall–Kier alpha value is -2.56. The van der Waals surface area contributed by atoms with Gasteiger partial charge in [0.2, 0.25) is 0 Å². The summed E-state index contributed by atoms with van der Waals surface area (Å²) in [6.07, 6.45) is 8.03. The fourth-order valence-electron chi connectivity index (χ4n) is 3.04. The summed E-state index contributed by atoms with van der Waals surface area (Å²) in [5, 5.41) is 5.95. The molecule has 2 amide bonds. The van der Waals surface area contributed by atoms with Crippen LogP contribution in [0.15, 0.2) is 48.8 Å². The summed E-state index contributed by atoms with van der Waals surface area (Å²) >= 11 is 0. The molecule has 1 aromatic heterocycles. The van der Waals surface area contributed by atoms with Crippen molar-refractivity contribution in [2.45, 2.75) is 45.3 Å². The van der Waals surface area contributed by atoms with Gasteiger partial charge in [0.05, 0.1) is 0 Å². The molecule has 0 bridgehead atoms. The molecule has 1 aromatic carbocycles. The van der Waals surface area contributed by atoms with E-state index >= 15 is 0 Å². The van der Waals surface area contributed by atoms with Crippen LogP contribution >= 0.6 is 0 Å². The van der Waals surface area contributed by atoms with Gasteiger partial charge >= 0.3 is 6.03 Å². The summed E-state index contributed by atoms with van der Waals surface area (Å²) in [5.74, 6) is 1.54. The van der Waals surface area contributed by atoms with E-state index in [1.807, 2.05) is 36.4 Å². The Morgan fingerprint density at radius 1 is 1.16 bits per heavy atom. The van der Waals surface area contributed by atoms with Gasteiger partial charge in [0.15, 0.2) is 0 Å². The summed E-state index contributed by atoms with van der Waals surface area (Å²) in [7, 11) is 0. The Labute approximate surface area is 148 Å². The predicted molar refractivity (Wildman–Crippen MR) is 98.6 cm³/mol. The van der Waals surface area contributed by atoms with Gasteiger partial charge in [0, 0.05) is 29.7 Å². The van der Waals surface area contributed by atoms with Crippen molar-refractivity contribution < 1.29 is 9.53 Å². The Kier molecular flexibility index (Phi) is 5.88. The number of nitrogens with zero attached hydrogens (tertiary/aromatic N) is 1. The van der Waals surface area contributed by atoms with Gasteiger partial charge in [-0.2, -0.15) is 0 Å². The number of ether oxygens (including phenoxy) is 1. The lowest BCUT2D eigenvalue weighted by atomic mass is 9.87. The lowest BCUT2D eigenvalue weighted by Gasteiger charge is -2.26. The molecule has 1 fully saturated rings. The number of anilines is 1. The molecule has 1 aliphatic rings. The minimum atomic E-state index is -0.136. The second kappa shape index (κ2) is 8.51. The van der Waals surface area contributed by atoms with E-state index in [0.717, 1.165) is 35.8 Å². The number of rotatable bonds is 5. The summed E-state index contributed by atoms with van der Waals surface area (Å²) in [6.45, 7) is 2.75. The molecule has 0 aliphatic heterocycles. The quantitative estimate of drug-likeness (QED) is 0.851. The number of nitrogens with one attached hydrogen (secondary N) is 2. The number of benzene rings is 1. The molecule has 5 heteroatoms. The van der Waals surface area contributed by atoms with Gasteiger partial charge in [-0.3, -0.25) is 4.98 Å². The van der Waals surface area contributed by atoms with Gasteiger partial charge in [0.25, 0.3) is 0 Å². The zero-order valence-corrected chi connectivity index (χ0v) is 14.6. The number of hydrogen-bond donors (Lipinski definition) is 2. The Balaban J connectivity index is 1.44. The molecule has 0 spiro atoms. The molecule has 0 radical (unpaired) electrons. The Morgan fingerprint density at radius 3 is 2.60 bits per heavy atom. The van der Waals surface area contributed by atoms with Crippen LogP contribution < -0.4 is 15.4 Å². The van der Waals surface area contributed by atoms with Gasteiger partial charge < -0.3 is 15.4 Å². The van der Waals surface area contributed by atoms with Crippen LogP contribution in [0.3, 0.4) is 0 Å². The number of hydrogen-bond acceptors (Lipinski definition) is 3. The monoisotopic (exact) mass is 339 g/mol. The van der Waals surface area contributed by atoms with Crippen molar-refractivity contribution in [2.24, 2.45) is 5.92 Å². The number of pyridine rings is 1. The number of aromatic nitrogens is 1. The first kappa shape index (κ1) is 17.3. The first-order valence-corrected chi connectivity index (χ1v) is 8.88. The first-order chi connectivity index (χ1) is 12.2. The number of carbonyl (C=O) groups is 1. The van der Waals surface area contributed by atoms with Crippen LogP contribution in [0.4, 0.5) is 10.5 Å². The van der Waals surface area contributed by atoms with Crippen LogP contribution in [-0.2, 0) is 6.61 Å². The molecule has 0 saturated heterocycles. The second-order valence-corrected chi connectivity index (χ2v) is 6.73. The third kappa shape index (κ3) is 5.48. The maximum atomic E-state index is 12.1. The third-order valence-electron chi connectivity index (χ3n) is 4.59. The van der Waals surface area contributed by atoms with E-state index in [4.69, 9.17) is 4.74 Å². The van der Waals surface area contributed by atoms with Crippen LogP contribution in [0.1, 0.15) is 38.2 Å². The lowest BCUT2D eigenvalue weighted by Crippen LogP contribution is -2.39. The van der Waals surface area contributed by atoms with E-state index in [1.165, 1.54) is 12.8 Å². The maximum Gasteiger partial charge on any atom is 0.319 e. The molecule has 132 valence electrons. The first-order valence-electron chi connectivity index (χ1n) is 8.88. The molecule has 2 N–H and O–H groups in total. The largest absolute Gasteiger partial charge is 0.489 e. The zero-order chi connectivity index (χ0) is 17.5. The SMILES string of the molecule is CC1CCC(NC(=O)Nc2ccc(OCc3cccnc3)cc2)CC1. The molecule has 3 rings (SSSR count). The fraction of sp³-hybridized carbons (Fsp3) is 0.400. The van der Waals surface area contributed by atoms with Gasteiger partial charge in [-0.15, -0.1) is 0 Å². The highest BCUT2D eigenvalue weighted by Gasteiger charge is 2.19. The van der Waals surface area contributed by atoms with Crippen molar-refractivity contribution in [1.82, 2.24) is 10.3 Å². The Bertz CT molecular complexity index is 665. The van der Waals surface area contributed by atoms with Gasteiger partial charge in [-0.1, -0.05) is 13.0 Å². The van der Waals surface area contributed by atoms with E-state index in [-0.39, 0.29) is 6.03 Å². The van der Waals surface area contributed by atoms with Crippen molar-refractivity contribution in [3.8, 4) is 5.75 Å². The number of amides is 2. The van der Waals surface area contributed by atoms with Crippen LogP contribution in [0.25, 0.3) is 0 Å². The van der Waals surface area contributed by atoms with E-state index < -0.39 is 0 Å². The predicted octanol–water partition coefficient (Wildman–Crippen LogP) is 4.36. The van der Waals surface area contributed by atoms with E-state index in [0.29, 0.717) is 12.6 Å². The molecule has 1 aliphatic carbocycles. The molecule has 0 atom stereocenters. The average molecular weight is 339 g/mol. The van der Waals surface area contributed by atoms with Crippen molar-refractivity contribution in [3.05, 3.63) is 54.4 Å². The topological polar surface area (TPSA) is 63.2 Å². The molecule has 25 heavy (non-hydrogen) atoms. The number of urea groups is 1. The standard InChI is InChI=1S/C20H25N3O2/c1-15-4-6-17(7-5-15)22-20(24)23-18-8-10-19(11-9-18)25-14-16-3-2-12-21-13-16/h2-3,8-13,15,17H,4-7,14H2,1H3,(H2,22,23,24). The van der Waals surface area contributed by atoms with Crippen LogP contribution in [0.2, 0.25) is 0 Å². The molecule has 1 heterocycles. The smallest absolute Gasteiger partial charge is 0.319 e. The summed E-state index contributed by atoms with van der Waals surface area (Å²) < 4.78 is 5.72.